The van der Waals surface area contributed by atoms with E-state index in [9.17, 15) is 9.59 Å². The number of nitrogens with one attached hydrogen (secondary N) is 1. The molecule has 3 rings (SSSR count). The summed E-state index contributed by atoms with van der Waals surface area (Å²) in [6.45, 7) is 1.47. The highest BCUT2D eigenvalue weighted by atomic mass is 16.4. The monoisotopic (exact) mass is 314 g/mol. The number of rotatable bonds is 5. The van der Waals surface area contributed by atoms with Gasteiger partial charge in [-0.25, -0.2) is 0 Å². The van der Waals surface area contributed by atoms with Crippen LogP contribution in [0.4, 0.5) is 0 Å². The van der Waals surface area contributed by atoms with Gasteiger partial charge >= 0.3 is 5.97 Å². The number of piperidine rings is 1. The van der Waals surface area contributed by atoms with Crippen LogP contribution in [0.5, 0.6) is 0 Å². The van der Waals surface area contributed by atoms with Crippen molar-refractivity contribution in [2.45, 2.75) is 32.1 Å². The van der Waals surface area contributed by atoms with Crippen LogP contribution in [0.1, 0.15) is 31.2 Å². The van der Waals surface area contributed by atoms with Crippen LogP contribution in [-0.4, -0.2) is 40.0 Å². The highest BCUT2D eigenvalue weighted by Gasteiger charge is 2.24. The molecule has 0 unspecified atom stereocenters. The maximum atomic E-state index is 12.6. The Hall–Kier alpha value is -2.30. The number of hydrogen-bond donors (Lipinski definition) is 2. The van der Waals surface area contributed by atoms with Gasteiger partial charge in [0.2, 0.25) is 5.91 Å². The predicted molar refractivity (Wildman–Crippen MR) is 88.2 cm³/mol. The van der Waals surface area contributed by atoms with E-state index in [2.05, 4.69) is 4.98 Å². The molecule has 2 heterocycles. The van der Waals surface area contributed by atoms with Crippen molar-refractivity contribution in [3.63, 3.8) is 0 Å². The molecule has 2 aromatic rings. The van der Waals surface area contributed by atoms with E-state index in [1.807, 2.05) is 35.4 Å². The number of para-hydroxylation sites is 1. The van der Waals surface area contributed by atoms with E-state index in [1.165, 1.54) is 0 Å². The number of hydrogen-bond acceptors (Lipinski definition) is 2. The van der Waals surface area contributed by atoms with Gasteiger partial charge in [0.1, 0.15) is 0 Å². The zero-order valence-electron chi connectivity index (χ0n) is 13.1. The lowest BCUT2D eigenvalue weighted by atomic mass is 9.93. The van der Waals surface area contributed by atoms with Crippen molar-refractivity contribution >= 4 is 22.8 Å². The zero-order valence-corrected chi connectivity index (χ0v) is 13.1. The Morgan fingerprint density at radius 1 is 1.30 bits per heavy atom. The van der Waals surface area contributed by atoms with E-state index in [4.69, 9.17) is 5.11 Å². The molecular formula is C18H22N2O3. The van der Waals surface area contributed by atoms with E-state index in [0.717, 1.165) is 35.9 Å². The Bertz CT molecular complexity index is 707. The van der Waals surface area contributed by atoms with Crippen LogP contribution in [0.15, 0.2) is 30.5 Å². The number of aromatic amines is 1. The fraction of sp³-hybridized carbons (Fsp3) is 0.444. The minimum absolute atomic E-state index is 0.134. The van der Waals surface area contributed by atoms with Crippen LogP contribution >= 0.6 is 0 Å². The number of amides is 1. The number of carboxylic acids is 1. The molecule has 122 valence electrons. The van der Waals surface area contributed by atoms with Crippen molar-refractivity contribution in [1.82, 2.24) is 9.88 Å². The average Bonchev–Trinajstić information content (AvgIpc) is 2.96. The number of benzene rings is 1. The summed E-state index contributed by atoms with van der Waals surface area (Å²) >= 11 is 0. The van der Waals surface area contributed by atoms with Gasteiger partial charge in [0.15, 0.2) is 0 Å². The first-order chi connectivity index (χ1) is 11.1. The third kappa shape index (κ3) is 3.73. The second-order valence-electron chi connectivity index (χ2n) is 6.32. The summed E-state index contributed by atoms with van der Waals surface area (Å²) in [6.07, 6.45) is 5.14. The number of carbonyl (C=O) groups excluding carboxylic acids is 1. The molecule has 1 amide bonds. The van der Waals surface area contributed by atoms with Crippen LogP contribution < -0.4 is 0 Å². The summed E-state index contributed by atoms with van der Waals surface area (Å²) in [4.78, 5) is 28.4. The molecule has 0 spiro atoms. The van der Waals surface area contributed by atoms with Gasteiger partial charge in [0.25, 0.3) is 0 Å². The Morgan fingerprint density at radius 2 is 2.13 bits per heavy atom. The molecule has 1 aliphatic rings. The lowest BCUT2D eigenvalue weighted by Gasteiger charge is -2.32. The first-order valence-corrected chi connectivity index (χ1v) is 8.18. The molecule has 0 saturated carbocycles. The summed E-state index contributed by atoms with van der Waals surface area (Å²) in [6, 6.07) is 7.99. The number of fused-ring (bicyclic) bond motifs is 1. The SMILES string of the molecule is O=C(O)CC[C@H]1CCCN(C(=O)Cc2c[nH]c3ccccc23)C1. The number of H-pyrrole nitrogens is 1. The van der Waals surface area contributed by atoms with Gasteiger partial charge in [0.05, 0.1) is 6.42 Å². The van der Waals surface area contributed by atoms with Crippen molar-refractivity contribution < 1.29 is 14.7 Å². The minimum atomic E-state index is -0.757. The standard InChI is InChI=1S/C18H22N2O3/c21-17(10-14-11-19-16-6-2-1-5-15(14)16)20-9-3-4-13(12-20)7-8-18(22)23/h1-2,5-6,11,13,19H,3-4,7-10,12H2,(H,22,23)/t13-/m1/s1. The summed E-state index contributed by atoms with van der Waals surface area (Å²) in [5.41, 5.74) is 2.08. The number of carbonyl (C=O) groups is 2. The van der Waals surface area contributed by atoms with Crippen LogP contribution in [0.2, 0.25) is 0 Å². The molecule has 1 aliphatic heterocycles. The quantitative estimate of drug-likeness (QED) is 0.891. The van der Waals surface area contributed by atoms with Crippen LogP contribution in [0.25, 0.3) is 10.9 Å². The van der Waals surface area contributed by atoms with E-state index < -0.39 is 5.97 Å². The molecular weight excluding hydrogens is 292 g/mol. The maximum absolute atomic E-state index is 12.6. The molecule has 1 fully saturated rings. The molecule has 1 atom stereocenters. The molecule has 1 aromatic carbocycles. The van der Waals surface area contributed by atoms with E-state index in [0.29, 0.717) is 25.3 Å². The summed E-state index contributed by atoms with van der Waals surface area (Å²) in [5, 5.41) is 9.90. The number of likely N-dealkylation sites (tertiary alicyclic amines) is 1. The molecule has 0 radical (unpaired) electrons. The van der Waals surface area contributed by atoms with Crippen LogP contribution in [0.3, 0.4) is 0 Å². The van der Waals surface area contributed by atoms with Gasteiger partial charge in [-0.1, -0.05) is 18.2 Å². The van der Waals surface area contributed by atoms with Gasteiger partial charge in [0, 0.05) is 36.6 Å². The van der Waals surface area contributed by atoms with Crippen molar-refractivity contribution in [1.29, 1.82) is 0 Å². The molecule has 0 bridgehead atoms. The fourth-order valence-electron chi connectivity index (χ4n) is 3.41. The lowest BCUT2D eigenvalue weighted by molar-refractivity contribution is -0.137. The number of nitrogens with zero attached hydrogens (tertiary/aromatic N) is 1. The van der Waals surface area contributed by atoms with Crippen LogP contribution in [0, 0.1) is 5.92 Å². The van der Waals surface area contributed by atoms with Crippen molar-refractivity contribution in [2.24, 2.45) is 5.92 Å². The summed E-state index contributed by atoms with van der Waals surface area (Å²) in [5.74, 6) is -0.311. The summed E-state index contributed by atoms with van der Waals surface area (Å²) in [7, 11) is 0. The summed E-state index contributed by atoms with van der Waals surface area (Å²) < 4.78 is 0. The largest absolute Gasteiger partial charge is 0.481 e. The molecule has 0 aliphatic carbocycles. The van der Waals surface area contributed by atoms with Gasteiger partial charge in [-0.3, -0.25) is 9.59 Å². The second-order valence-corrected chi connectivity index (χ2v) is 6.32. The highest BCUT2D eigenvalue weighted by molar-refractivity contribution is 5.88. The zero-order chi connectivity index (χ0) is 16.2. The van der Waals surface area contributed by atoms with Gasteiger partial charge in [-0.2, -0.15) is 0 Å². The minimum Gasteiger partial charge on any atom is -0.481 e. The van der Waals surface area contributed by atoms with Gasteiger partial charge in [-0.05, 0) is 36.8 Å². The molecule has 5 nitrogen and oxygen atoms in total. The number of aromatic nitrogens is 1. The predicted octanol–water partition coefficient (Wildman–Crippen LogP) is 2.81. The third-order valence-electron chi connectivity index (χ3n) is 4.65. The van der Waals surface area contributed by atoms with E-state index in [1.54, 1.807) is 0 Å². The normalized spacial score (nSPS) is 18.3. The average molecular weight is 314 g/mol. The number of carboxylic acid groups (broad SMARTS) is 1. The van der Waals surface area contributed by atoms with Crippen molar-refractivity contribution in [3.05, 3.63) is 36.0 Å². The topological polar surface area (TPSA) is 73.4 Å². The molecule has 2 N–H and O–H groups in total. The lowest BCUT2D eigenvalue weighted by Crippen LogP contribution is -2.40. The van der Waals surface area contributed by atoms with E-state index >= 15 is 0 Å². The Kier molecular flexibility index (Phi) is 4.65. The third-order valence-corrected chi connectivity index (χ3v) is 4.65. The number of aliphatic carboxylic acids is 1. The molecule has 1 saturated heterocycles. The molecule has 1 aromatic heterocycles. The Morgan fingerprint density at radius 3 is 2.96 bits per heavy atom. The smallest absolute Gasteiger partial charge is 0.303 e. The first kappa shape index (κ1) is 15.6. The maximum Gasteiger partial charge on any atom is 0.303 e. The highest BCUT2D eigenvalue weighted by Crippen LogP contribution is 2.23. The van der Waals surface area contributed by atoms with Gasteiger partial charge in [-0.15, -0.1) is 0 Å². The Balaban J connectivity index is 1.62. The van der Waals surface area contributed by atoms with E-state index in [-0.39, 0.29) is 12.3 Å². The fourth-order valence-corrected chi connectivity index (χ4v) is 3.41. The Labute approximate surface area is 135 Å². The molecule has 5 heteroatoms. The first-order valence-electron chi connectivity index (χ1n) is 8.18. The van der Waals surface area contributed by atoms with Crippen molar-refractivity contribution in [3.8, 4) is 0 Å². The van der Waals surface area contributed by atoms with Crippen LogP contribution in [-0.2, 0) is 16.0 Å². The molecule has 23 heavy (non-hydrogen) atoms. The van der Waals surface area contributed by atoms with Crippen molar-refractivity contribution in [2.75, 3.05) is 13.1 Å². The van der Waals surface area contributed by atoms with Gasteiger partial charge < -0.3 is 15.0 Å². The second kappa shape index (κ2) is 6.86.